The van der Waals surface area contributed by atoms with Crippen molar-refractivity contribution in [2.45, 2.75) is 17.7 Å². The zero-order chi connectivity index (χ0) is 27.3. The van der Waals surface area contributed by atoms with Crippen molar-refractivity contribution in [2.24, 2.45) is 0 Å². The predicted octanol–water partition coefficient (Wildman–Crippen LogP) is 3.65. The minimum atomic E-state index is -3.76. The monoisotopic (exact) mass is 540 g/mol. The molecule has 1 heterocycles. The van der Waals surface area contributed by atoms with E-state index in [0.29, 0.717) is 29.5 Å². The Morgan fingerprint density at radius 2 is 1.63 bits per heavy atom. The van der Waals surface area contributed by atoms with Crippen LogP contribution in [0.3, 0.4) is 0 Å². The average Bonchev–Trinajstić information content (AvgIpc) is 2.95. The summed E-state index contributed by atoms with van der Waals surface area (Å²) >= 11 is 0. The van der Waals surface area contributed by atoms with E-state index in [1.54, 1.807) is 0 Å². The van der Waals surface area contributed by atoms with Crippen molar-refractivity contribution in [1.82, 2.24) is 0 Å². The van der Waals surface area contributed by atoms with E-state index in [9.17, 15) is 18.0 Å². The third-order valence-electron chi connectivity index (χ3n) is 6.05. The fraction of sp³-hybridized carbons (Fsp3) is 0.259. The lowest BCUT2D eigenvalue weighted by Crippen LogP contribution is -2.35. The van der Waals surface area contributed by atoms with Gasteiger partial charge >= 0.3 is 5.97 Å². The molecule has 11 heteroatoms. The molecule has 4 rings (SSSR count). The van der Waals surface area contributed by atoms with E-state index in [-0.39, 0.29) is 22.8 Å². The fourth-order valence-corrected chi connectivity index (χ4v) is 5.72. The van der Waals surface area contributed by atoms with Crippen LogP contribution in [0.2, 0.25) is 0 Å². The van der Waals surface area contributed by atoms with Gasteiger partial charge in [-0.3, -0.25) is 9.10 Å². The van der Waals surface area contributed by atoms with Gasteiger partial charge < -0.3 is 24.3 Å². The van der Waals surface area contributed by atoms with Crippen LogP contribution in [0.1, 0.15) is 22.3 Å². The first-order valence-electron chi connectivity index (χ1n) is 11.8. The summed E-state index contributed by atoms with van der Waals surface area (Å²) in [5, 5.41) is 2.61. The Kier molecular flexibility index (Phi) is 8.06. The quantitative estimate of drug-likeness (QED) is 0.409. The minimum absolute atomic E-state index is 0.0762. The Morgan fingerprint density at radius 3 is 2.32 bits per heavy atom. The third-order valence-corrected chi connectivity index (χ3v) is 7.88. The first kappa shape index (κ1) is 26.8. The summed E-state index contributed by atoms with van der Waals surface area (Å²) in [7, 11) is 0.317. The topological polar surface area (TPSA) is 120 Å². The number of para-hydroxylation sites is 1. The van der Waals surface area contributed by atoms with Gasteiger partial charge in [0.15, 0.2) is 18.1 Å². The van der Waals surface area contributed by atoms with Crippen molar-refractivity contribution >= 4 is 33.3 Å². The second-order valence-corrected chi connectivity index (χ2v) is 10.2. The number of anilines is 2. The molecule has 0 aromatic heterocycles. The van der Waals surface area contributed by atoms with Crippen LogP contribution in [0.5, 0.6) is 17.2 Å². The molecule has 0 fully saturated rings. The summed E-state index contributed by atoms with van der Waals surface area (Å²) in [5.41, 5.74) is 1.93. The summed E-state index contributed by atoms with van der Waals surface area (Å²) < 4.78 is 48.8. The standard InChI is InChI=1S/C27H28N2O8S/c1-34-24-15-21(27(31)36-3)22(16-25(24)35-2)28-26(30)17-37-19-10-12-20(13-11-19)38(32,33)29-14-6-8-18-7-4-5-9-23(18)29/h4-5,7,9-13,15-16H,6,8,14,17H2,1-3H3,(H,28,30). The molecule has 3 aromatic rings. The third kappa shape index (κ3) is 5.52. The van der Waals surface area contributed by atoms with Crippen molar-refractivity contribution in [3.8, 4) is 17.2 Å². The predicted molar refractivity (Wildman–Crippen MR) is 141 cm³/mol. The van der Waals surface area contributed by atoms with Crippen LogP contribution >= 0.6 is 0 Å². The molecule has 3 aromatic carbocycles. The number of amides is 1. The Bertz CT molecular complexity index is 1440. The summed E-state index contributed by atoms with van der Waals surface area (Å²) in [6, 6.07) is 16.2. The zero-order valence-corrected chi connectivity index (χ0v) is 22.0. The van der Waals surface area contributed by atoms with Gasteiger partial charge in [0.25, 0.3) is 15.9 Å². The van der Waals surface area contributed by atoms with Crippen LogP contribution in [0.15, 0.2) is 65.6 Å². The maximum atomic E-state index is 13.3. The molecule has 0 atom stereocenters. The van der Waals surface area contributed by atoms with Crippen molar-refractivity contribution in [3.63, 3.8) is 0 Å². The van der Waals surface area contributed by atoms with Crippen LogP contribution in [0, 0.1) is 0 Å². The van der Waals surface area contributed by atoms with E-state index >= 15 is 0 Å². The molecule has 1 aliphatic rings. The van der Waals surface area contributed by atoms with Gasteiger partial charge in [-0.2, -0.15) is 0 Å². The Balaban J connectivity index is 1.44. The number of sulfonamides is 1. The molecule has 200 valence electrons. The minimum Gasteiger partial charge on any atom is -0.493 e. The largest absolute Gasteiger partial charge is 0.493 e. The molecule has 10 nitrogen and oxygen atoms in total. The molecule has 1 amide bonds. The van der Waals surface area contributed by atoms with Gasteiger partial charge in [-0.25, -0.2) is 13.2 Å². The molecule has 0 spiro atoms. The molecule has 1 aliphatic heterocycles. The van der Waals surface area contributed by atoms with Gasteiger partial charge in [-0.05, 0) is 48.7 Å². The SMILES string of the molecule is COC(=O)c1cc(OC)c(OC)cc1NC(=O)COc1ccc(S(=O)(=O)N2CCCc3ccccc32)cc1. The first-order valence-corrected chi connectivity index (χ1v) is 13.2. The van der Waals surface area contributed by atoms with Crippen LogP contribution in [0.4, 0.5) is 11.4 Å². The van der Waals surface area contributed by atoms with Crippen molar-refractivity contribution < 1.29 is 37.0 Å². The number of ether oxygens (including phenoxy) is 4. The number of rotatable bonds is 9. The number of carbonyl (C=O) groups is 2. The molecule has 0 radical (unpaired) electrons. The summed E-state index contributed by atoms with van der Waals surface area (Å²) in [4.78, 5) is 24.9. The number of esters is 1. The van der Waals surface area contributed by atoms with Gasteiger partial charge in [-0.1, -0.05) is 18.2 Å². The molecule has 38 heavy (non-hydrogen) atoms. The molecule has 0 bridgehead atoms. The molecule has 1 N–H and O–H groups in total. The number of methoxy groups -OCH3 is 3. The maximum absolute atomic E-state index is 13.3. The van der Waals surface area contributed by atoms with E-state index < -0.39 is 21.9 Å². The number of nitrogens with zero attached hydrogens (tertiary/aromatic N) is 1. The highest BCUT2D eigenvalue weighted by Gasteiger charge is 2.29. The lowest BCUT2D eigenvalue weighted by atomic mass is 10.0. The Labute approximate surface area is 221 Å². The highest BCUT2D eigenvalue weighted by Crippen LogP contribution is 2.34. The van der Waals surface area contributed by atoms with Crippen LogP contribution in [-0.2, 0) is 26.0 Å². The van der Waals surface area contributed by atoms with Gasteiger partial charge in [0.1, 0.15) is 5.75 Å². The van der Waals surface area contributed by atoms with Crippen LogP contribution in [-0.4, -0.2) is 54.8 Å². The second-order valence-electron chi connectivity index (χ2n) is 8.36. The van der Waals surface area contributed by atoms with E-state index in [1.165, 1.54) is 62.0 Å². The number of fused-ring (bicyclic) bond motifs is 1. The molecule has 0 unspecified atom stereocenters. The maximum Gasteiger partial charge on any atom is 0.340 e. The molecular weight excluding hydrogens is 512 g/mol. The first-order chi connectivity index (χ1) is 18.3. The molecule has 0 aliphatic carbocycles. The average molecular weight is 541 g/mol. The summed E-state index contributed by atoms with van der Waals surface area (Å²) in [6.07, 6.45) is 1.58. The number of aryl methyl sites for hydroxylation is 1. The van der Waals surface area contributed by atoms with Crippen LogP contribution in [0.25, 0.3) is 0 Å². The van der Waals surface area contributed by atoms with E-state index in [4.69, 9.17) is 18.9 Å². The Morgan fingerprint density at radius 1 is 0.947 bits per heavy atom. The summed E-state index contributed by atoms with van der Waals surface area (Å²) in [5.74, 6) is -0.312. The molecule has 0 saturated carbocycles. The van der Waals surface area contributed by atoms with E-state index in [1.807, 2.05) is 24.3 Å². The van der Waals surface area contributed by atoms with Crippen molar-refractivity contribution in [2.75, 3.05) is 44.1 Å². The number of benzene rings is 3. The zero-order valence-electron chi connectivity index (χ0n) is 21.2. The molecular formula is C27H28N2O8S. The van der Waals surface area contributed by atoms with Gasteiger partial charge in [0.05, 0.1) is 43.2 Å². The Hall–Kier alpha value is -4.25. The number of nitrogens with one attached hydrogen (secondary N) is 1. The molecule has 0 saturated heterocycles. The number of hydrogen-bond donors (Lipinski definition) is 1. The smallest absolute Gasteiger partial charge is 0.340 e. The number of carbonyl (C=O) groups excluding carboxylic acids is 2. The van der Waals surface area contributed by atoms with Crippen molar-refractivity contribution in [3.05, 3.63) is 71.8 Å². The second kappa shape index (κ2) is 11.4. The normalized spacial score (nSPS) is 12.8. The lowest BCUT2D eigenvalue weighted by Gasteiger charge is -2.30. The highest BCUT2D eigenvalue weighted by molar-refractivity contribution is 7.92. The van der Waals surface area contributed by atoms with E-state index in [2.05, 4.69) is 5.32 Å². The fourth-order valence-electron chi connectivity index (χ4n) is 4.18. The highest BCUT2D eigenvalue weighted by atomic mass is 32.2. The van der Waals surface area contributed by atoms with Crippen LogP contribution < -0.4 is 23.8 Å². The van der Waals surface area contributed by atoms with Gasteiger partial charge in [-0.15, -0.1) is 0 Å². The van der Waals surface area contributed by atoms with Gasteiger partial charge in [0.2, 0.25) is 0 Å². The van der Waals surface area contributed by atoms with Crippen molar-refractivity contribution in [1.29, 1.82) is 0 Å². The van der Waals surface area contributed by atoms with Gasteiger partial charge in [0, 0.05) is 18.7 Å². The lowest BCUT2D eigenvalue weighted by molar-refractivity contribution is -0.118. The van der Waals surface area contributed by atoms with E-state index in [0.717, 1.165) is 18.4 Å². The number of hydrogen-bond acceptors (Lipinski definition) is 8. The summed E-state index contributed by atoms with van der Waals surface area (Å²) in [6.45, 7) is 0.0159.